The molecule has 2 nitrogen and oxygen atoms in total. The Morgan fingerprint density at radius 3 is 1.50 bits per heavy atom. The summed E-state index contributed by atoms with van der Waals surface area (Å²) < 4.78 is 0. The first-order valence-electron chi connectivity index (χ1n) is 17.8. The molecule has 48 heavy (non-hydrogen) atoms. The summed E-state index contributed by atoms with van der Waals surface area (Å²) in [5.41, 5.74) is 13.3. The zero-order valence-electron chi connectivity index (χ0n) is 27.6. The van der Waals surface area contributed by atoms with Crippen molar-refractivity contribution in [2.75, 3.05) is 0 Å². The molecule has 0 N–H and O–H groups in total. The fraction of sp³-hybridized carbons (Fsp3) is 0.217. The van der Waals surface area contributed by atoms with Gasteiger partial charge in [0.1, 0.15) is 0 Å². The van der Waals surface area contributed by atoms with Gasteiger partial charge in [-0.3, -0.25) is 0 Å². The standard InChI is InChI=1S/C46H42N2/c1-5-13-34(14-6-1)35-19-21-36(22-20-35)37-23-27-41(28-24-37)46(31-11-4-12-32-46)42-29-25-39(26-30-42)44-33-43(38-15-7-2-8-16-38)47-45(48-44)40-17-9-3-10-18-40/h2,5,7-9,13-30,33H,1,3-4,6,10-12,31-32H2. The Morgan fingerprint density at radius 2 is 0.938 bits per heavy atom. The summed E-state index contributed by atoms with van der Waals surface area (Å²) in [5, 5.41) is 0. The molecule has 0 bridgehead atoms. The zero-order valence-corrected chi connectivity index (χ0v) is 27.6. The number of benzene rings is 4. The van der Waals surface area contributed by atoms with E-state index in [-0.39, 0.29) is 5.41 Å². The molecule has 0 atom stereocenters. The number of nitrogens with zero attached hydrogens (tertiary/aromatic N) is 2. The van der Waals surface area contributed by atoms with Gasteiger partial charge in [0.2, 0.25) is 0 Å². The van der Waals surface area contributed by atoms with E-state index in [2.05, 4.69) is 146 Å². The lowest BCUT2D eigenvalue weighted by Crippen LogP contribution is -2.30. The Hall–Kier alpha value is -5.08. The fourth-order valence-electron chi connectivity index (χ4n) is 7.78. The third-order valence-corrected chi connectivity index (χ3v) is 10.5. The summed E-state index contributed by atoms with van der Waals surface area (Å²) in [5.74, 6) is 0.799. The number of aromatic nitrogens is 2. The van der Waals surface area contributed by atoms with Gasteiger partial charge in [0.25, 0.3) is 0 Å². The van der Waals surface area contributed by atoms with E-state index in [1.807, 2.05) is 0 Å². The van der Waals surface area contributed by atoms with Crippen LogP contribution in [-0.2, 0) is 5.41 Å². The Balaban J connectivity index is 1.10. The van der Waals surface area contributed by atoms with E-state index >= 15 is 0 Å². The molecule has 0 amide bonds. The molecule has 1 heterocycles. The average Bonchev–Trinajstić information content (AvgIpc) is 3.19. The maximum Gasteiger partial charge on any atom is 0.160 e. The van der Waals surface area contributed by atoms with Gasteiger partial charge in [-0.2, -0.15) is 0 Å². The molecular weight excluding hydrogens is 581 g/mol. The highest BCUT2D eigenvalue weighted by Gasteiger charge is 2.35. The fourth-order valence-corrected chi connectivity index (χ4v) is 7.78. The van der Waals surface area contributed by atoms with Crippen molar-refractivity contribution in [3.8, 4) is 33.6 Å². The third-order valence-electron chi connectivity index (χ3n) is 10.5. The van der Waals surface area contributed by atoms with Crippen molar-refractivity contribution < 1.29 is 0 Å². The van der Waals surface area contributed by atoms with Crippen molar-refractivity contribution in [1.29, 1.82) is 0 Å². The van der Waals surface area contributed by atoms with Crippen LogP contribution >= 0.6 is 0 Å². The predicted octanol–water partition coefficient (Wildman–Crippen LogP) is 12.2. The van der Waals surface area contributed by atoms with Gasteiger partial charge in [0.05, 0.1) is 11.4 Å². The smallest absolute Gasteiger partial charge is 0.160 e. The second kappa shape index (κ2) is 13.6. The third kappa shape index (κ3) is 6.16. The van der Waals surface area contributed by atoms with E-state index in [9.17, 15) is 0 Å². The van der Waals surface area contributed by atoms with Gasteiger partial charge in [-0.1, -0.05) is 159 Å². The van der Waals surface area contributed by atoms with Crippen LogP contribution in [0.5, 0.6) is 0 Å². The Kier molecular flexibility index (Phi) is 8.56. The van der Waals surface area contributed by atoms with Crippen LogP contribution in [0, 0.1) is 0 Å². The largest absolute Gasteiger partial charge is 0.228 e. The summed E-state index contributed by atoms with van der Waals surface area (Å²) in [4.78, 5) is 10.1. The molecule has 4 aromatic carbocycles. The highest BCUT2D eigenvalue weighted by atomic mass is 14.9. The quantitative estimate of drug-likeness (QED) is 0.180. The van der Waals surface area contributed by atoms with Gasteiger partial charge >= 0.3 is 0 Å². The topological polar surface area (TPSA) is 25.8 Å². The second-order valence-corrected chi connectivity index (χ2v) is 13.5. The van der Waals surface area contributed by atoms with Crippen molar-refractivity contribution in [2.24, 2.45) is 0 Å². The van der Waals surface area contributed by atoms with Gasteiger partial charge in [-0.15, -0.1) is 0 Å². The lowest BCUT2D eigenvalue weighted by Gasteiger charge is -2.39. The van der Waals surface area contributed by atoms with Crippen molar-refractivity contribution in [1.82, 2.24) is 9.97 Å². The summed E-state index contributed by atoms with van der Waals surface area (Å²) in [7, 11) is 0. The van der Waals surface area contributed by atoms with Crippen LogP contribution in [0.4, 0.5) is 0 Å². The average molecular weight is 623 g/mol. The summed E-state index contributed by atoms with van der Waals surface area (Å²) in [6, 6.07) is 40.4. The summed E-state index contributed by atoms with van der Waals surface area (Å²) >= 11 is 0. The molecule has 5 aromatic rings. The van der Waals surface area contributed by atoms with E-state index in [4.69, 9.17) is 9.97 Å². The molecule has 3 aliphatic carbocycles. The summed E-state index contributed by atoms with van der Waals surface area (Å²) in [6.07, 6.45) is 24.1. The maximum absolute atomic E-state index is 5.10. The van der Waals surface area contributed by atoms with Crippen LogP contribution in [0.3, 0.4) is 0 Å². The number of hydrogen-bond donors (Lipinski definition) is 0. The van der Waals surface area contributed by atoms with Crippen molar-refractivity contribution in [2.45, 2.75) is 63.2 Å². The Bertz CT molecular complexity index is 2000. The van der Waals surface area contributed by atoms with E-state index in [0.717, 1.165) is 59.6 Å². The van der Waals surface area contributed by atoms with Gasteiger partial charge in [0.15, 0.2) is 5.82 Å². The van der Waals surface area contributed by atoms with Crippen LogP contribution < -0.4 is 0 Å². The van der Waals surface area contributed by atoms with Gasteiger partial charge < -0.3 is 0 Å². The molecule has 1 aromatic heterocycles. The van der Waals surface area contributed by atoms with Crippen LogP contribution in [0.25, 0.3) is 44.8 Å². The highest BCUT2D eigenvalue weighted by Crippen LogP contribution is 2.46. The molecule has 3 aliphatic rings. The van der Waals surface area contributed by atoms with E-state index in [0.29, 0.717) is 0 Å². The first-order chi connectivity index (χ1) is 23.7. The minimum atomic E-state index is 0.0305. The molecule has 236 valence electrons. The van der Waals surface area contributed by atoms with Crippen molar-refractivity contribution in [3.05, 3.63) is 168 Å². The molecule has 2 heteroatoms. The maximum atomic E-state index is 5.10. The molecule has 1 saturated carbocycles. The minimum Gasteiger partial charge on any atom is -0.228 e. The van der Waals surface area contributed by atoms with E-state index in [1.54, 1.807) is 0 Å². The molecule has 0 saturated heterocycles. The van der Waals surface area contributed by atoms with Gasteiger partial charge in [0, 0.05) is 22.1 Å². The Morgan fingerprint density at radius 1 is 0.438 bits per heavy atom. The van der Waals surface area contributed by atoms with Crippen LogP contribution in [0.15, 0.2) is 146 Å². The van der Waals surface area contributed by atoms with Gasteiger partial charge in [-0.25, -0.2) is 9.97 Å². The molecule has 0 aliphatic heterocycles. The van der Waals surface area contributed by atoms with E-state index < -0.39 is 0 Å². The lowest BCUT2D eigenvalue weighted by molar-refractivity contribution is 0.346. The molecule has 8 rings (SSSR count). The highest BCUT2D eigenvalue weighted by molar-refractivity contribution is 5.77. The van der Waals surface area contributed by atoms with Crippen molar-refractivity contribution in [3.63, 3.8) is 0 Å². The number of allylic oxidation sites excluding steroid dienone is 8. The van der Waals surface area contributed by atoms with Crippen LogP contribution in [0.1, 0.15) is 80.3 Å². The molecule has 1 fully saturated rings. The lowest BCUT2D eigenvalue weighted by atomic mass is 9.65. The van der Waals surface area contributed by atoms with Crippen molar-refractivity contribution >= 4 is 11.1 Å². The SMILES string of the molecule is C1=CC(c2ccc(-c3ccc(C4(c5ccc(-c6cc(-c7ccccc7)nc(C7=CCCC=C7)n6)cc5)CCCCC4)cc3)cc2)=CCC1. The zero-order chi connectivity index (χ0) is 32.2. The molecule has 0 radical (unpaired) electrons. The number of hydrogen-bond acceptors (Lipinski definition) is 2. The molecule has 0 spiro atoms. The normalized spacial score (nSPS) is 17.1. The van der Waals surface area contributed by atoms with Gasteiger partial charge in [-0.05, 0) is 78.0 Å². The Labute approximate surface area is 285 Å². The second-order valence-electron chi connectivity index (χ2n) is 13.5. The van der Waals surface area contributed by atoms with E-state index in [1.165, 1.54) is 65.5 Å². The molecular formula is C46H42N2. The minimum absolute atomic E-state index is 0.0305. The molecule has 0 unspecified atom stereocenters. The first kappa shape index (κ1) is 30.3. The number of rotatable bonds is 7. The first-order valence-corrected chi connectivity index (χ1v) is 17.8. The summed E-state index contributed by atoms with van der Waals surface area (Å²) in [6.45, 7) is 0. The van der Waals surface area contributed by atoms with Crippen LogP contribution in [-0.4, -0.2) is 9.97 Å². The monoisotopic (exact) mass is 622 g/mol. The predicted molar refractivity (Wildman–Crippen MR) is 201 cm³/mol. The van der Waals surface area contributed by atoms with Crippen LogP contribution in [0.2, 0.25) is 0 Å².